The van der Waals surface area contributed by atoms with Gasteiger partial charge in [-0.05, 0) is 31.5 Å². The van der Waals surface area contributed by atoms with Gasteiger partial charge < -0.3 is 14.8 Å². The summed E-state index contributed by atoms with van der Waals surface area (Å²) in [5.74, 6) is 0.195. The molecule has 0 saturated carbocycles. The Labute approximate surface area is 163 Å². The van der Waals surface area contributed by atoms with E-state index in [1.165, 1.54) is 38.5 Å². The maximum absolute atomic E-state index is 12.8. The molecule has 0 spiro atoms. The first-order chi connectivity index (χ1) is 12.7. The zero-order valence-corrected chi connectivity index (χ0v) is 17.0. The summed E-state index contributed by atoms with van der Waals surface area (Å²) in [6, 6.07) is 7.23. The van der Waals surface area contributed by atoms with Crippen molar-refractivity contribution in [1.29, 1.82) is 0 Å². The molecule has 0 saturated heterocycles. The van der Waals surface area contributed by atoms with E-state index in [1.807, 2.05) is 0 Å². The van der Waals surface area contributed by atoms with Crippen LogP contribution in [0.2, 0.25) is 5.02 Å². The first-order valence-corrected chi connectivity index (χ1v) is 9.92. The van der Waals surface area contributed by atoms with Gasteiger partial charge in [0.1, 0.15) is 11.5 Å². The van der Waals surface area contributed by atoms with Crippen LogP contribution in [-0.2, 0) is 10.0 Å². The number of sulfonamides is 1. The zero-order valence-electron chi connectivity index (χ0n) is 15.4. The van der Waals surface area contributed by atoms with Crippen molar-refractivity contribution in [2.24, 2.45) is 0 Å². The van der Waals surface area contributed by atoms with E-state index in [0.717, 1.165) is 0 Å². The van der Waals surface area contributed by atoms with Crippen molar-refractivity contribution in [3.8, 4) is 11.5 Å². The highest BCUT2D eigenvalue weighted by molar-refractivity contribution is 7.92. The number of nitrogens with one attached hydrogen (secondary N) is 2. The maximum Gasteiger partial charge on any atom is 0.262 e. The molecule has 146 valence electrons. The molecule has 7 nitrogen and oxygen atoms in total. The highest BCUT2D eigenvalue weighted by Gasteiger charge is 2.21. The molecule has 0 radical (unpaired) electrons. The number of carbonyl (C=O) groups excluding carboxylic acids is 1. The van der Waals surface area contributed by atoms with Crippen molar-refractivity contribution >= 4 is 33.2 Å². The lowest BCUT2D eigenvalue weighted by Crippen LogP contribution is -2.24. The van der Waals surface area contributed by atoms with Gasteiger partial charge in [0.05, 0.1) is 29.8 Å². The van der Waals surface area contributed by atoms with Gasteiger partial charge >= 0.3 is 0 Å². The largest absolute Gasteiger partial charge is 0.495 e. The van der Waals surface area contributed by atoms with Gasteiger partial charge in [0.2, 0.25) is 0 Å². The number of methoxy groups -OCH3 is 2. The van der Waals surface area contributed by atoms with Crippen LogP contribution in [0.1, 0.15) is 22.8 Å². The lowest BCUT2D eigenvalue weighted by Gasteiger charge is -2.15. The van der Waals surface area contributed by atoms with Crippen LogP contribution in [-0.4, -0.2) is 35.1 Å². The third-order valence-electron chi connectivity index (χ3n) is 3.82. The molecule has 0 heterocycles. The first-order valence-electron chi connectivity index (χ1n) is 8.06. The van der Waals surface area contributed by atoms with E-state index in [2.05, 4.69) is 10.0 Å². The monoisotopic (exact) mass is 412 g/mol. The molecule has 27 heavy (non-hydrogen) atoms. The number of rotatable bonds is 7. The van der Waals surface area contributed by atoms with Crippen LogP contribution in [0, 0.1) is 6.92 Å². The Hall–Kier alpha value is -2.45. The van der Waals surface area contributed by atoms with Crippen molar-refractivity contribution in [1.82, 2.24) is 5.32 Å². The fourth-order valence-electron chi connectivity index (χ4n) is 2.41. The van der Waals surface area contributed by atoms with Gasteiger partial charge in [0, 0.05) is 24.2 Å². The van der Waals surface area contributed by atoms with E-state index in [4.69, 9.17) is 21.1 Å². The van der Waals surface area contributed by atoms with E-state index in [0.29, 0.717) is 23.4 Å². The smallest absolute Gasteiger partial charge is 0.262 e. The number of anilines is 1. The predicted octanol–water partition coefficient (Wildman–Crippen LogP) is 3.22. The van der Waals surface area contributed by atoms with E-state index in [-0.39, 0.29) is 27.3 Å². The van der Waals surface area contributed by atoms with Gasteiger partial charge in [-0.25, -0.2) is 8.42 Å². The SMILES string of the molecule is CCNC(=O)c1cc(S(=O)(=O)Nc2cc(OC)c(Cl)cc2OC)ccc1C. The normalized spacial score (nSPS) is 11.0. The molecule has 2 rings (SSSR count). The molecule has 0 unspecified atom stereocenters. The summed E-state index contributed by atoms with van der Waals surface area (Å²) < 4.78 is 38.4. The van der Waals surface area contributed by atoms with Gasteiger partial charge in [0.25, 0.3) is 15.9 Å². The molecular formula is C18H21ClN2O5S. The summed E-state index contributed by atoms with van der Waals surface area (Å²) in [4.78, 5) is 12.1. The molecule has 0 aliphatic rings. The summed E-state index contributed by atoms with van der Waals surface area (Å²) in [5.41, 5.74) is 1.13. The second kappa shape index (κ2) is 8.49. The zero-order chi connectivity index (χ0) is 20.2. The summed E-state index contributed by atoms with van der Waals surface area (Å²) >= 11 is 6.04. The van der Waals surface area contributed by atoms with Crippen molar-refractivity contribution in [3.05, 3.63) is 46.5 Å². The minimum absolute atomic E-state index is 0.0506. The van der Waals surface area contributed by atoms with E-state index in [9.17, 15) is 13.2 Å². The third-order valence-corrected chi connectivity index (χ3v) is 5.48. The molecule has 0 fully saturated rings. The molecular weight excluding hydrogens is 392 g/mol. The molecule has 0 aliphatic heterocycles. The summed E-state index contributed by atoms with van der Waals surface area (Å²) in [7, 11) is -1.16. The van der Waals surface area contributed by atoms with Gasteiger partial charge in [-0.15, -0.1) is 0 Å². The van der Waals surface area contributed by atoms with Gasteiger partial charge in [-0.3, -0.25) is 9.52 Å². The lowest BCUT2D eigenvalue weighted by atomic mass is 10.1. The Kier molecular flexibility index (Phi) is 6.56. The minimum atomic E-state index is -3.98. The van der Waals surface area contributed by atoms with Crippen LogP contribution in [0.5, 0.6) is 11.5 Å². The molecule has 1 amide bonds. The lowest BCUT2D eigenvalue weighted by molar-refractivity contribution is 0.0955. The van der Waals surface area contributed by atoms with Crippen LogP contribution >= 0.6 is 11.6 Å². The van der Waals surface area contributed by atoms with E-state index in [1.54, 1.807) is 19.9 Å². The van der Waals surface area contributed by atoms with Gasteiger partial charge in [-0.2, -0.15) is 0 Å². The summed E-state index contributed by atoms with van der Waals surface area (Å²) in [6.45, 7) is 3.96. The molecule has 0 atom stereocenters. The quantitative estimate of drug-likeness (QED) is 0.728. The maximum atomic E-state index is 12.8. The molecule has 9 heteroatoms. The van der Waals surface area contributed by atoms with Gasteiger partial charge in [0.15, 0.2) is 0 Å². The molecule has 2 aromatic carbocycles. The molecule has 0 aliphatic carbocycles. The van der Waals surface area contributed by atoms with Crippen molar-refractivity contribution in [2.75, 3.05) is 25.5 Å². The van der Waals surface area contributed by atoms with Crippen LogP contribution < -0.4 is 19.5 Å². The number of halogens is 1. The summed E-state index contributed by atoms with van der Waals surface area (Å²) in [5, 5.41) is 2.95. The molecule has 0 bridgehead atoms. The Morgan fingerprint density at radius 1 is 1.11 bits per heavy atom. The van der Waals surface area contributed by atoms with Crippen LogP contribution in [0.4, 0.5) is 5.69 Å². The van der Waals surface area contributed by atoms with Crippen molar-refractivity contribution in [2.45, 2.75) is 18.7 Å². The van der Waals surface area contributed by atoms with Crippen LogP contribution in [0.3, 0.4) is 0 Å². The van der Waals surface area contributed by atoms with E-state index < -0.39 is 10.0 Å². The Balaban J connectivity index is 2.46. The average molecular weight is 413 g/mol. The van der Waals surface area contributed by atoms with Crippen LogP contribution in [0.25, 0.3) is 0 Å². The Bertz CT molecular complexity index is 960. The Morgan fingerprint density at radius 2 is 1.78 bits per heavy atom. The van der Waals surface area contributed by atoms with Gasteiger partial charge in [-0.1, -0.05) is 17.7 Å². The fraction of sp³-hybridized carbons (Fsp3) is 0.278. The average Bonchev–Trinajstić information content (AvgIpc) is 2.62. The molecule has 2 N–H and O–H groups in total. The number of hydrogen-bond donors (Lipinski definition) is 2. The molecule has 2 aromatic rings. The summed E-state index contributed by atoms with van der Waals surface area (Å²) in [6.07, 6.45) is 0. The van der Waals surface area contributed by atoms with Crippen molar-refractivity contribution in [3.63, 3.8) is 0 Å². The fourth-order valence-corrected chi connectivity index (χ4v) is 3.73. The first kappa shape index (κ1) is 20.9. The van der Waals surface area contributed by atoms with E-state index >= 15 is 0 Å². The highest BCUT2D eigenvalue weighted by atomic mass is 35.5. The third kappa shape index (κ3) is 4.64. The number of carbonyl (C=O) groups is 1. The highest BCUT2D eigenvalue weighted by Crippen LogP contribution is 2.37. The molecule has 0 aromatic heterocycles. The second-order valence-corrected chi connectivity index (χ2v) is 7.72. The predicted molar refractivity (Wildman–Crippen MR) is 105 cm³/mol. The number of benzene rings is 2. The number of amides is 1. The number of ether oxygens (including phenoxy) is 2. The minimum Gasteiger partial charge on any atom is -0.495 e. The number of aryl methyl sites for hydroxylation is 1. The Morgan fingerprint density at radius 3 is 2.37 bits per heavy atom. The van der Waals surface area contributed by atoms with Crippen LogP contribution in [0.15, 0.2) is 35.2 Å². The second-order valence-electron chi connectivity index (χ2n) is 5.63. The topological polar surface area (TPSA) is 93.7 Å². The van der Waals surface area contributed by atoms with Crippen molar-refractivity contribution < 1.29 is 22.7 Å². The number of hydrogen-bond acceptors (Lipinski definition) is 5. The standard InChI is InChI=1S/C18H21ClN2O5S/c1-5-20-18(22)13-8-12(7-6-11(13)2)27(23,24)21-15-10-16(25-3)14(19)9-17(15)26-4/h6-10,21H,5H2,1-4H3,(H,20,22).